The fourth-order valence-electron chi connectivity index (χ4n) is 2.52. The summed E-state index contributed by atoms with van der Waals surface area (Å²) < 4.78 is 0. The Morgan fingerprint density at radius 1 is 1.43 bits per heavy atom. The Hall–Kier alpha value is -0.570. The van der Waals surface area contributed by atoms with E-state index in [2.05, 4.69) is 11.8 Å². The molecule has 0 aliphatic heterocycles. The van der Waals surface area contributed by atoms with Gasteiger partial charge in [0, 0.05) is 18.6 Å². The summed E-state index contributed by atoms with van der Waals surface area (Å²) in [6.07, 6.45) is 5.86. The van der Waals surface area contributed by atoms with Gasteiger partial charge in [-0.25, -0.2) is 0 Å². The highest BCUT2D eigenvalue weighted by Gasteiger charge is 2.43. The van der Waals surface area contributed by atoms with Gasteiger partial charge in [0.25, 0.3) is 0 Å². The SMILES string of the molecule is CCN(C(=O)C1CC1N)C1CCCC1. The summed E-state index contributed by atoms with van der Waals surface area (Å²) in [5.74, 6) is 0.461. The molecule has 80 valence electrons. The molecule has 0 aromatic carbocycles. The molecule has 2 aliphatic carbocycles. The van der Waals surface area contributed by atoms with Gasteiger partial charge in [0.2, 0.25) is 5.91 Å². The second-order valence-electron chi connectivity index (χ2n) is 4.57. The predicted octanol–water partition coefficient (Wildman–Crippen LogP) is 1.12. The molecule has 0 aromatic heterocycles. The fourth-order valence-corrected chi connectivity index (χ4v) is 2.52. The smallest absolute Gasteiger partial charge is 0.227 e. The van der Waals surface area contributed by atoms with Crippen molar-refractivity contribution in [3.8, 4) is 0 Å². The van der Waals surface area contributed by atoms with Crippen LogP contribution in [0.1, 0.15) is 39.0 Å². The van der Waals surface area contributed by atoms with Crippen LogP contribution in [-0.4, -0.2) is 29.4 Å². The molecule has 0 bridgehead atoms. The van der Waals surface area contributed by atoms with Crippen molar-refractivity contribution in [3.05, 3.63) is 0 Å². The van der Waals surface area contributed by atoms with Crippen LogP contribution < -0.4 is 5.73 Å². The lowest BCUT2D eigenvalue weighted by Gasteiger charge is -2.27. The Morgan fingerprint density at radius 2 is 2.00 bits per heavy atom. The summed E-state index contributed by atoms with van der Waals surface area (Å²) in [7, 11) is 0. The Morgan fingerprint density at radius 3 is 2.43 bits per heavy atom. The van der Waals surface area contributed by atoms with Crippen LogP contribution in [-0.2, 0) is 4.79 Å². The number of nitrogens with two attached hydrogens (primary N) is 1. The van der Waals surface area contributed by atoms with E-state index in [-0.39, 0.29) is 12.0 Å². The molecular formula is C11H20N2O. The van der Waals surface area contributed by atoms with Crippen LogP contribution in [0.4, 0.5) is 0 Å². The van der Waals surface area contributed by atoms with E-state index in [1.165, 1.54) is 25.7 Å². The van der Waals surface area contributed by atoms with Crippen molar-refractivity contribution in [1.29, 1.82) is 0 Å². The lowest BCUT2D eigenvalue weighted by atomic mass is 10.2. The summed E-state index contributed by atoms with van der Waals surface area (Å²) in [5, 5.41) is 0. The first-order valence-electron chi connectivity index (χ1n) is 5.80. The van der Waals surface area contributed by atoms with Crippen LogP contribution in [0.15, 0.2) is 0 Å². The third-order valence-electron chi connectivity index (χ3n) is 3.55. The molecule has 2 saturated carbocycles. The summed E-state index contributed by atoms with van der Waals surface area (Å²) in [5.41, 5.74) is 5.71. The third-order valence-corrected chi connectivity index (χ3v) is 3.55. The summed E-state index contributed by atoms with van der Waals surface area (Å²) >= 11 is 0. The standard InChI is InChI=1S/C11H20N2O/c1-2-13(8-5-3-4-6-8)11(14)9-7-10(9)12/h8-10H,2-7,12H2,1H3. The molecule has 2 N–H and O–H groups in total. The van der Waals surface area contributed by atoms with Crippen molar-refractivity contribution in [1.82, 2.24) is 4.90 Å². The van der Waals surface area contributed by atoms with E-state index in [0.29, 0.717) is 11.9 Å². The molecule has 1 amide bonds. The van der Waals surface area contributed by atoms with Crippen LogP contribution in [0.3, 0.4) is 0 Å². The lowest BCUT2D eigenvalue weighted by Crippen LogP contribution is -2.40. The Labute approximate surface area is 85.6 Å². The monoisotopic (exact) mass is 196 g/mol. The zero-order chi connectivity index (χ0) is 10.1. The molecule has 14 heavy (non-hydrogen) atoms. The molecule has 2 rings (SSSR count). The number of rotatable bonds is 3. The quantitative estimate of drug-likeness (QED) is 0.735. The van der Waals surface area contributed by atoms with E-state index in [1.54, 1.807) is 0 Å². The van der Waals surface area contributed by atoms with Crippen molar-refractivity contribution < 1.29 is 4.79 Å². The van der Waals surface area contributed by atoms with Crippen LogP contribution in [0, 0.1) is 5.92 Å². The molecule has 2 atom stereocenters. The summed E-state index contributed by atoms with van der Waals surface area (Å²) in [6.45, 7) is 2.93. The molecule has 0 spiro atoms. The van der Waals surface area contributed by atoms with E-state index >= 15 is 0 Å². The molecule has 3 nitrogen and oxygen atoms in total. The molecule has 0 aromatic rings. The van der Waals surface area contributed by atoms with Gasteiger partial charge < -0.3 is 10.6 Å². The molecular weight excluding hydrogens is 176 g/mol. The molecule has 3 heteroatoms. The predicted molar refractivity (Wildman–Crippen MR) is 55.7 cm³/mol. The van der Waals surface area contributed by atoms with Crippen LogP contribution >= 0.6 is 0 Å². The van der Waals surface area contributed by atoms with Gasteiger partial charge in [0.1, 0.15) is 0 Å². The highest BCUT2D eigenvalue weighted by molar-refractivity contribution is 5.82. The van der Waals surface area contributed by atoms with Gasteiger partial charge in [-0.3, -0.25) is 4.79 Å². The van der Waals surface area contributed by atoms with Crippen molar-refractivity contribution in [3.63, 3.8) is 0 Å². The minimum atomic E-state index is 0.149. The first-order valence-corrected chi connectivity index (χ1v) is 5.80. The van der Waals surface area contributed by atoms with Gasteiger partial charge in [-0.05, 0) is 26.2 Å². The second kappa shape index (κ2) is 3.89. The molecule has 2 aliphatic rings. The van der Waals surface area contributed by atoms with E-state index in [1.807, 2.05) is 0 Å². The maximum Gasteiger partial charge on any atom is 0.227 e. The Balaban J connectivity index is 1.94. The highest BCUT2D eigenvalue weighted by Crippen LogP contribution is 2.33. The summed E-state index contributed by atoms with van der Waals surface area (Å²) in [4.78, 5) is 14.0. The van der Waals surface area contributed by atoms with Gasteiger partial charge >= 0.3 is 0 Å². The number of amides is 1. The number of nitrogens with zero attached hydrogens (tertiary/aromatic N) is 1. The number of hydrogen-bond donors (Lipinski definition) is 1. The van der Waals surface area contributed by atoms with Gasteiger partial charge in [-0.2, -0.15) is 0 Å². The first kappa shape index (κ1) is 9.97. The second-order valence-corrected chi connectivity index (χ2v) is 4.57. The van der Waals surface area contributed by atoms with E-state index < -0.39 is 0 Å². The minimum absolute atomic E-state index is 0.149. The average Bonchev–Trinajstić information content (AvgIpc) is 2.67. The van der Waals surface area contributed by atoms with Crippen molar-refractivity contribution in [2.75, 3.05) is 6.54 Å². The maximum absolute atomic E-state index is 12.0. The van der Waals surface area contributed by atoms with Gasteiger partial charge in [0.15, 0.2) is 0 Å². The van der Waals surface area contributed by atoms with Crippen LogP contribution in [0.2, 0.25) is 0 Å². The molecule has 2 unspecified atom stereocenters. The van der Waals surface area contributed by atoms with E-state index in [4.69, 9.17) is 5.73 Å². The van der Waals surface area contributed by atoms with Crippen LogP contribution in [0.5, 0.6) is 0 Å². The van der Waals surface area contributed by atoms with E-state index in [0.717, 1.165) is 13.0 Å². The zero-order valence-electron chi connectivity index (χ0n) is 8.91. The Bertz CT molecular complexity index is 223. The van der Waals surface area contributed by atoms with Gasteiger partial charge in [-0.15, -0.1) is 0 Å². The van der Waals surface area contributed by atoms with E-state index in [9.17, 15) is 4.79 Å². The van der Waals surface area contributed by atoms with Crippen molar-refractivity contribution >= 4 is 5.91 Å². The topological polar surface area (TPSA) is 46.3 Å². The number of carbonyl (C=O) groups is 1. The third kappa shape index (κ3) is 1.78. The Kier molecular flexibility index (Phi) is 2.77. The normalized spacial score (nSPS) is 31.9. The minimum Gasteiger partial charge on any atom is -0.340 e. The van der Waals surface area contributed by atoms with Crippen molar-refractivity contribution in [2.45, 2.75) is 51.1 Å². The van der Waals surface area contributed by atoms with Crippen molar-refractivity contribution in [2.24, 2.45) is 11.7 Å². The number of carbonyl (C=O) groups excluding carboxylic acids is 1. The van der Waals surface area contributed by atoms with Gasteiger partial charge in [0.05, 0.1) is 5.92 Å². The lowest BCUT2D eigenvalue weighted by molar-refractivity contribution is -0.134. The molecule has 0 radical (unpaired) electrons. The molecule has 0 saturated heterocycles. The molecule has 0 heterocycles. The largest absolute Gasteiger partial charge is 0.340 e. The number of hydrogen-bond acceptors (Lipinski definition) is 2. The highest BCUT2D eigenvalue weighted by atomic mass is 16.2. The van der Waals surface area contributed by atoms with Crippen LogP contribution in [0.25, 0.3) is 0 Å². The maximum atomic E-state index is 12.0. The fraction of sp³-hybridized carbons (Fsp3) is 0.909. The van der Waals surface area contributed by atoms with Gasteiger partial charge in [-0.1, -0.05) is 12.8 Å². The average molecular weight is 196 g/mol. The first-order chi connectivity index (χ1) is 6.74. The summed E-state index contributed by atoms with van der Waals surface area (Å²) in [6, 6.07) is 0.665. The molecule has 2 fully saturated rings. The zero-order valence-corrected chi connectivity index (χ0v) is 8.91.